The van der Waals surface area contributed by atoms with Gasteiger partial charge in [0.15, 0.2) is 12.4 Å². The van der Waals surface area contributed by atoms with Gasteiger partial charge in [-0.05, 0) is 55.5 Å². The Labute approximate surface area is 162 Å². The SMILES string of the molecule is Cc1ccc(Oc2ccccc2NC(=O)COc2ccc(C(N)=O)cc2)cc1. The van der Waals surface area contributed by atoms with Crippen molar-refractivity contribution in [2.75, 3.05) is 11.9 Å². The standard InChI is InChI=1S/C22H20N2O4/c1-15-6-10-18(11-7-15)28-20-5-3-2-4-19(20)24-21(25)14-27-17-12-8-16(9-13-17)22(23)26/h2-13H,14H2,1H3,(H2,23,26)(H,24,25). The first-order chi connectivity index (χ1) is 13.5. The molecule has 142 valence electrons. The van der Waals surface area contributed by atoms with Crippen molar-refractivity contribution >= 4 is 17.5 Å². The van der Waals surface area contributed by atoms with Crippen LogP contribution in [0.1, 0.15) is 15.9 Å². The van der Waals surface area contributed by atoms with Crippen molar-refractivity contribution in [2.45, 2.75) is 6.92 Å². The van der Waals surface area contributed by atoms with E-state index in [-0.39, 0.29) is 12.5 Å². The number of amides is 2. The van der Waals surface area contributed by atoms with E-state index in [0.29, 0.717) is 28.5 Å². The Kier molecular flexibility index (Phi) is 5.91. The van der Waals surface area contributed by atoms with Crippen molar-refractivity contribution in [1.82, 2.24) is 0 Å². The zero-order valence-electron chi connectivity index (χ0n) is 15.3. The highest BCUT2D eigenvalue weighted by Gasteiger charge is 2.10. The van der Waals surface area contributed by atoms with E-state index in [0.717, 1.165) is 5.56 Å². The Morgan fingerprint density at radius 3 is 2.21 bits per heavy atom. The highest BCUT2D eigenvalue weighted by atomic mass is 16.5. The summed E-state index contributed by atoms with van der Waals surface area (Å²) in [6.45, 7) is 1.81. The first-order valence-electron chi connectivity index (χ1n) is 8.67. The summed E-state index contributed by atoms with van der Waals surface area (Å²) in [6.07, 6.45) is 0. The topological polar surface area (TPSA) is 90.7 Å². The van der Waals surface area contributed by atoms with Crippen LogP contribution in [0.25, 0.3) is 0 Å². The van der Waals surface area contributed by atoms with Crippen molar-refractivity contribution in [3.63, 3.8) is 0 Å². The van der Waals surface area contributed by atoms with Crippen LogP contribution in [0.3, 0.4) is 0 Å². The second-order valence-electron chi connectivity index (χ2n) is 6.14. The fourth-order valence-electron chi connectivity index (χ4n) is 2.44. The summed E-state index contributed by atoms with van der Waals surface area (Å²) in [6, 6.07) is 21.1. The third kappa shape index (κ3) is 5.11. The van der Waals surface area contributed by atoms with Crippen LogP contribution in [-0.2, 0) is 4.79 Å². The van der Waals surface area contributed by atoms with E-state index in [9.17, 15) is 9.59 Å². The molecule has 0 unspecified atom stereocenters. The molecule has 0 heterocycles. The number of ether oxygens (including phenoxy) is 2. The van der Waals surface area contributed by atoms with Gasteiger partial charge in [0.25, 0.3) is 5.91 Å². The third-order valence-electron chi connectivity index (χ3n) is 3.92. The van der Waals surface area contributed by atoms with Crippen LogP contribution < -0.4 is 20.5 Å². The lowest BCUT2D eigenvalue weighted by atomic mass is 10.2. The molecule has 3 aromatic carbocycles. The number of para-hydroxylation sites is 2. The molecular formula is C22H20N2O4. The lowest BCUT2D eigenvalue weighted by molar-refractivity contribution is -0.118. The van der Waals surface area contributed by atoms with Gasteiger partial charge in [-0.1, -0.05) is 29.8 Å². The van der Waals surface area contributed by atoms with Gasteiger partial charge >= 0.3 is 0 Å². The zero-order valence-corrected chi connectivity index (χ0v) is 15.3. The number of hydrogen-bond donors (Lipinski definition) is 2. The fraction of sp³-hybridized carbons (Fsp3) is 0.0909. The van der Waals surface area contributed by atoms with Gasteiger partial charge in [0.05, 0.1) is 5.69 Å². The largest absolute Gasteiger partial charge is 0.484 e. The lowest BCUT2D eigenvalue weighted by Crippen LogP contribution is -2.20. The molecule has 0 aliphatic carbocycles. The summed E-state index contributed by atoms with van der Waals surface area (Å²) in [4.78, 5) is 23.3. The van der Waals surface area contributed by atoms with Gasteiger partial charge in [-0.25, -0.2) is 0 Å². The molecule has 0 saturated carbocycles. The van der Waals surface area contributed by atoms with Gasteiger partial charge in [0, 0.05) is 5.56 Å². The van der Waals surface area contributed by atoms with Crippen LogP contribution in [0.5, 0.6) is 17.2 Å². The van der Waals surface area contributed by atoms with Crippen molar-refractivity contribution in [3.8, 4) is 17.2 Å². The minimum absolute atomic E-state index is 0.186. The van der Waals surface area contributed by atoms with Gasteiger partial charge in [-0.3, -0.25) is 9.59 Å². The van der Waals surface area contributed by atoms with Gasteiger partial charge in [-0.15, -0.1) is 0 Å². The molecule has 0 fully saturated rings. The Hall–Kier alpha value is -3.80. The van der Waals surface area contributed by atoms with Crippen LogP contribution in [-0.4, -0.2) is 18.4 Å². The highest BCUT2D eigenvalue weighted by molar-refractivity contribution is 5.94. The maximum atomic E-state index is 12.2. The summed E-state index contributed by atoms with van der Waals surface area (Å²) in [7, 11) is 0. The van der Waals surface area contributed by atoms with Crippen LogP contribution in [0, 0.1) is 6.92 Å². The molecule has 3 rings (SSSR count). The van der Waals surface area contributed by atoms with Crippen LogP contribution >= 0.6 is 0 Å². The molecule has 6 nitrogen and oxygen atoms in total. The number of carbonyl (C=O) groups is 2. The quantitative estimate of drug-likeness (QED) is 0.654. The molecule has 0 radical (unpaired) electrons. The van der Waals surface area contributed by atoms with Gasteiger partial charge in [0.2, 0.25) is 5.91 Å². The number of nitrogens with two attached hydrogens (primary N) is 1. The molecular weight excluding hydrogens is 356 g/mol. The zero-order chi connectivity index (χ0) is 19.9. The molecule has 0 aliphatic rings. The van der Waals surface area contributed by atoms with E-state index in [1.54, 1.807) is 42.5 Å². The molecule has 3 aromatic rings. The minimum atomic E-state index is -0.519. The summed E-state index contributed by atoms with van der Waals surface area (Å²) >= 11 is 0. The van der Waals surface area contributed by atoms with Crippen molar-refractivity contribution in [3.05, 3.63) is 83.9 Å². The smallest absolute Gasteiger partial charge is 0.262 e. The Morgan fingerprint density at radius 2 is 1.54 bits per heavy atom. The average molecular weight is 376 g/mol. The lowest BCUT2D eigenvalue weighted by Gasteiger charge is -2.13. The van der Waals surface area contributed by atoms with Crippen LogP contribution in [0.2, 0.25) is 0 Å². The summed E-state index contributed by atoms with van der Waals surface area (Å²) in [5.41, 5.74) is 7.24. The molecule has 0 aromatic heterocycles. The maximum absolute atomic E-state index is 12.2. The summed E-state index contributed by atoms with van der Waals surface area (Å²) in [5.74, 6) is 0.821. The second-order valence-corrected chi connectivity index (χ2v) is 6.14. The summed E-state index contributed by atoms with van der Waals surface area (Å²) in [5, 5.41) is 2.78. The van der Waals surface area contributed by atoms with E-state index in [1.165, 1.54) is 0 Å². The number of benzene rings is 3. The van der Waals surface area contributed by atoms with Crippen molar-refractivity contribution < 1.29 is 19.1 Å². The van der Waals surface area contributed by atoms with Crippen LogP contribution in [0.15, 0.2) is 72.8 Å². The van der Waals surface area contributed by atoms with E-state index in [2.05, 4.69) is 5.32 Å². The highest BCUT2D eigenvalue weighted by Crippen LogP contribution is 2.29. The molecule has 0 atom stereocenters. The monoisotopic (exact) mass is 376 g/mol. The number of hydrogen-bond acceptors (Lipinski definition) is 4. The normalized spacial score (nSPS) is 10.2. The first-order valence-corrected chi connectivity index (χ1v) is 8.67. The van der Waals surface area contributed by atoms with Gasteiger partial charge in [-0.2, -0.15) is 0 Å². The molecule has 3 N–H and O–H groups in total. The van der Waals surface area contributed by atoms with Crippen LogP contribution in [0.4, 0.5) is 5.69 Å². The first kappa shape index (κ1) is 19.0. The van der Waals surface area contributed by atoms with E-state index in [4.69, 9.17) is 15.2 Å². The molecule has 0 aliphatic heterocycles. The van der Waals surface area contributed by atoms with E-state index >= 15 is 0 Å². The number of carbonyl (C=O) groups excluding carboxylic acids is 2. The molecule has 28 heavy (non-hydrogen) atoms. The molecule has 0 bridgehead atoms. The fourth-order valence-corrected chi connectivity index (χ4v) is 2.44. The number of nitrogens with one attached hydrogen (secondary N) is 1. The summed E-state index contributed by atoms with van der Waals surface area (Å²) < 4.78 is 11.3. The Balaban J connectivity index is 1.60. The van der Waals surface area contributed by atoms with E-state index < -0.39 is 5.91 Å². The van der Waals surface area contributed by atoms with Gasteiger partial charge < -0.3 is 20.5 Å². The molecule has 6 heteroatoms. The maximum Gasteiger partial charge on any atom is 0.262 e. The van der Waals surface area contributed by atoms with Crippen molar-refractivity contribution in [1.29, 1.82) is 0 Å². The number of anilines is 1. The third-order valence-corrected chi connectivity index (χ3v) is 3.92. The predicted molar refractivity (Wildman–Crippen MR) is 107 cm³/mol. The minimum Gasteiger partial charge on any atom is -0.484 e. The predicted octanol–water partition coefficient (Wildman–Crippen LogP) is 3.90. The van der Waals surface area contributed by atoms with Gasteiger partial charge in [0.1, 0.15) is 11.5 Å². The second kappa shape index (κ2) is 8.73. The molecule has 0 saturated heterocycles. The number of rotatable bonds is 7. The Bertz CT molecular complexity index is 967. The van der Waals surface area contributed by atoms with Crippen molar-refractivity contribution in [2.24, 2.45) is 5.73 Å². The average Bonchev–Trinajstić information content (AvgIpc) is 2.70. The molecule has 0 spiro atoms. The Morgan fingerprint density at radius 1 is 0.893 bits per heavy atom. The number of primary amides is 1. The number of aryl methyl sites for hydroxylation is 1. The molecule has 2 amide bonds. The van der Waals surface area contributed by atoms with E-state index in [1.807, 2.05) is 37.3 Å².